The molecule has 3 nitrogen and oxygen atoms in total. The van der Waals surface area contributed by atoms with Crippen LogP contribution in [0, 0.1) is 5.92 Å². The molecule has 0 amide bonds. The molecule has 1 aromatic carbocycles. The van der Waals surface area contributed by atoms with Crippen molar-refractivity contribution in [2.24, 2.45) is 5.92 Å². The molecule has 1 aliphatic rings. The number of rotatable bonds is 3. The monoisotopic (exact) mass is 191 g/mol. The number of para-hydroxylation sites is 1. The van der Waals surface area contributed by atoms with Crippen molar-refractivity contribution in [3.63, 3.8) is 0 Å². The fourth-order valence-electron chi connectivity index (χ4n) is 1.71. The number of hydrogen-bond donors (Lipinski definition) is 2. The molecule has 0 atom stereocenters. The summed E-state index contributed by atoms with van der Waals surface area (Å²) in [6.07, 6.45) is 1.48. The van der Waals surface area contributed by atoms with Crippen LogP contribution in [0.4, 0.5) is 5.69 Å². The number of hydrogen-bond acceptors (Lipinski definition) is 2. The summed E-state index contributed by atoms with van der Waals surface area (Å²) in [5, 5.41) is 12.0. The van der Waals surface area contributed by atoms with E-state index in [1.807, 2.05) is 30.3 Å². The number of aliphatic carboxylic acids is 1. The number of carbonyl (C=O) groups is 1. The molecular formula is C11H13NO2. The maximum absolute atomic E-state index is 10.6. The third-order valence-electron chi connectivity index (χ3n) is 2.63. The summed E-state index contributed by atoms with van der Waals surface area (Å²) >= 11 is 0. The van der Waals surface area contributed by atoms with Gasteiger partial charge in [0.25, 0.3) is 0 Å². The Morgan fingerprint density at radius 3 is 2.50 bits per heavy atom. The summed E-state index contributed by atoms with van der Waals surface area (Å²) in [6.45, 7) is 0. The average molecular weight is 191 g/mol. The molecule has 0 radical (unpaired) electrons. The Bertz CT molecular complexity index is 317. The van der Waals surface area contributed by atoms with Crippen molar-refractivity contribution in [1.29, 1.82) is 0 Å². The zero-order valence-electron chi connectivity index (χ0n) is 7.81. The van der Waals surface area contributed by atoms with E-state index in [1.165, 1.54) is 0 Å². The minimum atomic E-state index is -0.670. The van der Waals surface area contributed by atoms with Gasteiger partial charge in [-0.3, -0.25) is 4.79 Å². The summed E-state index contributed by atoms with van der Waals surface area (Å²) in [7, 11) is 0. The fraction of sp³-hybridized carbons (Fsp3) is 0.364. The standard InChI is InChI=1S/C11H13NO2/c13-11(14)8-6-10(7-8)12-9-4-2-1-3-5-9/h1-5,8,10,12H,6-7H2,(H,13,14). The molecule has 0 unspecified atom stereocenters. The predicted octanol–water partition coefficient (Wildman–Crippen LogP) is 1.96. The molecule has 2 rings (SSSR count). The van der Waals surface area contributed by atoms with E-state index in [-0.39, 0.29) is 5.92 Å². The maximum Gasteiger partial charge on any atom is 0.306 e. The van der Waals surface area contributed by atoms with Crippen LogP contribution in [0.25, 0.3) is 0 Å². The van der Waals surface area contributed by atoms with E-state index in [1.54, 1.807) is 0 Å². The Morgan fingerprint density at radius 1 is 1.29 bits per heavy atom. The zero-order chi connectivity index (χ0) is 9.97. The number of carboxylic acid groups (broad SMARTS) is 1. The molecule has 3 heteroatoms. The molecule has 14 heavy (non-hydrogen) atoms. The van der Waals surface area contributed by atoms with Gasteiger partial charge < -0.3 is 10.4 Å². The smallest absolute Gasteiger partial charge is 0.306 e. The molecule has 1 saturated carbocycles. The molecule has 1 fully saturated rings. The first-order chi connectivity index (χ1) is 6.75. The highest BCUT2D eigenvalue weighted by molar-refractivity contribution is 5.71. The van der Waals surface area contributed by atoms with Gasteiger partial charge in [-0.2, -0.15) is 0 Å². The van der Waals surface area contributed by atoms with Crippen LogP contribution in [-0.2, 0) is 4.79 Å². The number of nitrogens with one attached hydrogen (secondary N) is 1. The number of benzene rings is 1. The Kier molecular flexibility index (Phi) is 2.39. The van der Waals surface area contributed by atoms with Crippen LogP contribution in [0.15, 0.2) is 30.3 Å². The van der Waals surface area contributed by atoms with Crippen LogP contribution in [0.1, 0.15) is 12.8 Å². The molecule has 1 aromatic rings. The van der Waals surface area contributed by atoms with Crippen molar-refractivity contribution in [2.75, 3.05) is 5.32 Å². The molecule has 0 aliphatic heterocycles. The first kappa shape index (κ1) is 9.06. The first-order valence-corrected chi connectivity index (χ1v) is 4.80. The number of anilines is 1. The highest BCUT2D eigenvalue weighted by Crippen LogP contribution is 2.30. The van der Waals surface area contributed by atoms with E-state index >= 15 is 0 Å². The first-order valence-electron chi connectivity index (χ1n) is 4.80. The minimum Gasteiger partial charge on any atom is -0.481 e. The molecule has 0 spiro atoms. The van der Waals surface area contributed by atoms with Gasteiger partial charge >= 0.3 is 5.97 Å². The van der Waals surface area contributed by atoms with Crippen LogP contribution in [0.5, 0.6) is 0 Å². The lowest BCUT2D eigenvalue weighted by Gasteiger charge is -2.33. The Balaban J connectivity index is 1.82. The second-order valence-electron chi connectivity index (χ2n) is 3.71. The highest BCUT2D eigenvalue weighted by atomic mass is 16.4. The third-order valence-corrected chi connectivity index (χ3v) is 2.63. The quantitative estimate of drug-likeness (QED) is 0.767. The Labute approximate surface area is 82.8 Å². The van der Waals surface area contributed by atoms with Gasteiger partial charge in [0.2, 0.25) is 0 Å². The van der Waals surface area contributed by atoms with Gasteiger partial charge in [0.1, 0.15) is 0 Å². The number of carboxylic acids is 1. The van der Waals surface area contributed by atoms with Gasteiger partial charge in [0.05, 0.1) is 5.92 Å². The summed E-state index contributed by atoms with van der Waals surface area (Å²) in [6, 6.07) is 10.2. The van der Waals surface area contributed by atoms with Crippen LogP contribution >= 0.6 is 0 Å². The van der Waals surface area contributed by atoms with Crippen LogP contribution in [0.3, 0.4) is 0 Å². The van der Waals surface area contributed by atoms with Crippen molar-refractivity contribution in [2.45, 2.75) is 18.9 Å². The van der Waals surface area contributed by atoms with E-state index in [0.29, 0.717) is 6.04 Å². The molecule has 0 heterocycles. The maximum atomic E-state index is 10.6. The molecule has 1 aliphatic carbocycles. The fourth-order valence-corrected chi connectivity index (χ4v) is 1.71. The summed E-state index contributed by atoms with van der Waals surface area (Å²) in [4.78, 5) is 10.6. The second kappa shape index (κ2) is 3.70. The van der Waals surface area contributed by atoms with E-state index in [2.05, 4.69) is 5.32 Å². The van der Waals surface area contributed by atoms with Gasteiger partial charge in [0, 0.05) is 11.7 Å². The van der Waals surface area contributed by atoms with Gasteiger partial charge in [0.15, 0.2) is 0 Å². The van der Waals surface area contributed by atoms with Crippen LogP contribution in [-0.4, -0.2) is 17.1 Å². The second-order valence-corrected chi connectivity index (χ2v) is 3.71. The summed E-state index contributed by atoms with van der Waals surface area (Å²) < 4.78 is 0. The van der Waals surface area contributed by atoms with E-state index in [4.69, 9.17) is 5.11 Å². The summed E-state index contributed by atoms with van der Waals surface area (Å²) in [5.41, 5.74) is 1.07. The minimum absolute atomic E-state index is 0.142. The van der Waals surface area contributed by atoms with Gasteiger partial charge in [-0.05, 0) is 25.0 Å². The zero-order valence-corrected chi connectivity index (χ0v) is 7.81. The summed E-state index contributed by atoms with van der Waals surface area (Å²) in [5.74, 6) is -0.813. The highest BCUT2D eigenvalue weighted by Gasteiger charge is 2.34. The van der Waals surface area contributed by atoms with Crippen molar-refractivity contribution >= 4 is 11.7 Å². The van der Waals surface area contributed by atoms with E-state index in [9.17, 15) is 4.79 Å². The predicted molar refractivity (Wildman–Crippen MR) is 54.2 cm³/mol. The topological polar surface area (TPSA) is 49.3 Å². The SMILES string of the molecule is O=C(O)C1CC(Nc2ccccc2)C1. The van der Waals surface area contributed by atoms with Gasteiger partial charge in [-0.15, -0.1) is 0 Å². The van der Waals surface area contributed by atoms with Crippen molar-refractivity contribution < 1.29 is 9.90 Å². The van der Waals surface area contributed by atoms with E-state index in [0.717, 1.165) is 18.5 Å². The molecular weight excluding hydrogens is 178 g/mol. The van der Waals surface area contributed by atoms with Crippen molar-refractivity contribution in [3.8, 4) is 0 Å². The lowest BCUT2D eigenvalue weighted by molar-refractivity contribution is -0.144. The van der Waals surface area contributed by atoms with Crippen molar-refractivity contribution in [1.82, 2.24) is 0 Å². The van der Waals surface area contributed by atoms with Crippen molar-refractivity contribution in [3.05, 3.63) is 30.3 Å². The molecule has 2 N–H and O–H groups in total. The van der Waals surface area contributed by atoms with Crippen LogP contribution in [0.2, 0.25) is 0 Å². The third kappa shape index (κ3) is 1.87. The van der Waals surface area contributed by atoms with Gasteiger partial charge in [-0.25, -0.2) is 0 Å². The lowest BCUT2D eigenvalue weighted by atomic mass is 9.80. The van der Waals surface area contributed by atoms with E-state index < -0.39 is 5.97 Å². The largest absolute Gasteiger partial charge is 0.481 e. The molecule has 0 aromatic heterocycles. The normalized spacial score (nSPS) is 25.1. The van der Waals surface area contributed by atoms with Crippen LogP contribution < -0.4 is 5.32 Å². The molecule has 74 valence electrons. The Morgan fingerprint density at radius 2 is 1.93 bits per heavy atom. The molecule has 0 bridgehead atoms. The average Bonchev–Trinajstić information content (AvgIpc) is 2.12. The Hall–Kier alpha value is -1.51. The van der Waals surface area contributed by atoms with Gasteiger partial charge in [-0.1, -0.05) is 18.2 Å². The lowest BCUT2D eigenvalue weighted by Crippen LogP contribution is -2.39. The molecule has 0 saturated heterocycles.